The van der Waals surface area contributed by atoms with Gasteiger partial charge in [-0.25, -0.2) is 0 Å². The predicted octanol–water partition coefficient (Wildman–Crippen LogP) is 2.98. The Morgan fingerprint density at radius 1 is 0.967 bits per heavy atom. The lowest BCUT2D eigenvalue weighted by atomic mass is 10.2. The summed E-state index contributed by atoms with van der Waals surface area (Å²) in [5, 5.41) is 9.69. The Morgan fingerprint density at radius 2 is 1.63 bits per heavy atom. The third kappa shape index (κ3) is 5.89. The van der Waals surface area contributed by atoms with Gasteiger partial charge in [-0.05, 0) is 52.7 Å². The molecule has 7 nitrogen and oxygen atoms in total. The van der Waals surface area contributed by atoms with Crippen LogP contribution in [0.25, 0.3) is 0 Å². The minimum Gasteiger partial charge on any atom is -0.504 e. The molecule has 1 saturated heterocycles. The topological polar surface area (TPSA) is 79.3 Å². The first-order valence-electron chi connectivity index (χ1n) is 9.79. The third-order valence-electron chi connectivity index (χ3n) is 4.86. The van der Waals surface area contributed by atoms with Crippen LogP contribution in [0.15, 0.2) is 46.9 Å². The van der Waals surface area contributed by atoms with Crippen LogP contribution in [0, 0.1) is 6.92 Å². The molecular weight excluding hydrogens is 452 g/mol. The van der Waals surface area contributed by atoms with Gasteiger partial charge in [-0.1, -0.05) is 18.2 Å². The number of rotatable bonds is 7. The molecule has 1 N–H and O–H groups in total. The lowest BCUT2D eigenvalue weighted by Gasteiger charge is -2.34. The van der Waals surface area contributed by atoms with Gasteiger partial charge in [-0.15, -0.1) is 0 Å². The molecule has 0 aromatic heterocycles. The van der Waals surface area contributed by atoms with Crippen molar-refractivity contribution in [2.75, 3.05) is 39.4 Å². The fourth-order valence-electron chi connectivity index (χ4n) is 3.14. The molecular formula is C22H25BrN2O5. The Bertz CT molecular complexity index is 897. The maximum Gasteiger partial charge on any atom is 0.260 e. The number of phenols is 1. The largest absolute Gasteiger partial charge is 0.504 e. The van der Waals surface area contributed by atoms with Crippen molar-refractivity contribution in [1.29, 1.82) is 0 Å². The van der Waals surface area contributed by atoms with Crippen molar-refractivity contribution in [2.24, 2.45) is 0 Å². The van der Waals surface area contributed by atoms with Crippen molar-refractivity contribution < 1.29 is 24.2 Å². The van der Waals surface area contributed by atoms with Gasteiger partial charge in [0.15, 0.2) is 18.1 Å². The molecule has 0 saturated carbocycles. The molecule has 0 aliphatic carbocycles. The maximum absolute atomic E-state index is 12.4. The molecule has 0 unspecified atom stereocenters. The number of hydrogen-bond donors (Lipinski definition) is 1. The highest BCUT2D eigenvalue weighted by Gasteiger charge is 2.24. The van der Waals surface area contributed by atoms with Crippen LogP contribution in [0.5, 0.6) is 17.2 Å². The zero-order valence-electron chi connectivity index (χ0n) is 16.8. The second-order valence-corrected chi connectivity index (χ2v) is 7.90. The predicted molar refractivity (Wildman–Crippen MR) is 116 cm³/mol. The molecule has 0 bridgehead atoms. The van der Waals surface area contributed by atoms with E-state index in [9.17, 15) is 14.7 Å². The first-order valence-corrected chi connectivity index (χ1v) is 10.6. The molecule has 0 radical (unpaired) electrons. The molecule has 2 amide bonds. The van der Waals surface area contributed by atoms with E-state index in [4.69, 9.17) is 9.47 Å². The standard InChI is InChI=1S/C22H25BrN2O5/c1-16-6-7-19(17(23)14-16)29-13-8-21(27)24-9-11-25(12-10-24)22(28)15-30-20-5-3-2-4-18(20)26/h2-7,14,26H,8-13,15H2,1H3. The van der Waals surface area contributed by atoms with E-state index in [2.05, 4.69) is 15.9 Å². The molecule has 160 valence electrons. The van der Waals surface area contributed by atoms with E-state index in [-0.39, 0.29) is 36.3 Å². The Morgan fingerprint density at radius 3 is 2.30 bits per heavy atom. The highest BCUT2D eigenvalue weighted by Crippen LogP contribution is 2.26. The number of para-hydroxylation sites is 2. The SMILES string of the molecule is Cc1ccc(OCCC(=O)N2CCN(C(=O)COc3ccccc3O)CC2)c(Br)c1. The van der Waals surface area contributed by atoms with Crippen LogP contribution < -0.4 is 9.47 Å². The number of hydrogen-bond acceptors (Lipinski definition) is 5. The first-order chi connectivity index (χ1) is 14.4. The van der Waals surface area contributed by atoms with Gasteiger partial charge in [-0.3, -0.25) is 9.59 Å². The van der Waals surface area contributed by atoms with Gasteiger partial charge in [0.1, 0.15) is 5.75 Å². The number of phenolic OH excluding ortho intramolecular Hbond substituents is 1. The van der Waals surface area contributed by atoms with E-state index in [0.29, 0.717) is 38.5 Å². The van der Waals surface area contributed by atoms with Crippen LogP contribution in [0.1, 0.15) is 12.0 Å². The van der Waals surface area contributed by atoms with Gasteiger partial charge in [0.25, 0.3) is 5.91 Å². The van der Waals surface area contributed by atoms with E-state index in [1.54, 1.807) is 28.0 Å². The highest BCUT2D eigenvalue weighted by molar-refractivity contribution is 9.10. The summed E-state index contributed by atoms with van der Waals surface area (Å²) in [7, 11) is 0. The van der Waals surface area contributed by atoms with Crippen molar-refractivity contribution in [1.82, 2.24) is 9.80 Å². The van der Waals surface area contributed by atoms with Gasteiger partial charge in [0.05, 0.1) is 17.5 Å². The normalized spacial score (nSPS) is 13.8. The minimum atomic E-state index is -0.169. The summed E-state index contributed by atoms with van der Waals surface area (Å²) in [5.74, 6) is 0.836. The fourth-order valence-corrected chi connectivity index (χ4v) is 3.75. The number of piperazine rings is 1. The molecule has 1 fully saturated rings. The zero-order valence-corrected chi connectivity index (χ0v) is 18.4. The van der Waals surface area contributed by atoms with E-state index < -0.39 is 0 Å². The van der Waals surface area contributed by atoms with E-state index in [1.807, 2.05) is 25.1 Å². The Labute approximate surface area is 184 Å². The number of carbonyl (C=O) groups excluding carboxylic acids is 2. The van der Waals surface area contributed by atoms with Crippen LogP contribution in [-0.2, 0) is 9.59 Å². The quantitative estimate of drug-likeness (QED) is 0.664. The first kappa shape index (κ1) is 22.0. The summed E-state index contributed by atoms with van der Waals surface area (Å²) in [6, 6.07) is 12.3. The third-order valence-corrected chi connectivity index (χ3v) is 5.48. The van der Waals surface area contributed by atoms with E-state index in [1.165, 1.54) is 6.07 Å². The molecule has 30 heavy (non-hydrogen) atoms. The summed E-state index contributed by atoms with van der Waals surface area (Å²) in [4.78, 5) is 28.2. The summed E-state index contributed by atoms with van der Waals surface area (Å²) < 4.78 is 12.0. The minimum absolute atomic E-state index is 0.000557. The maximum atomic E-state index is 12.4. The molecule has 0 atom stereocenters. The summed E-state index contributed by atoms with van der Waals surface area (Å²) in [5.41, 5.74) is 1.13. The number of aromatic hydroxyl groups is 1. The number of carbonyl (C=O) groups is 2. The molecule has 1 aliphatic rings. The van der Waals surface area contributed by atoms with Gasteiger partial charge in [0.2, 0.25) is 5.91 Å². The number of benzene rings is 2. The Balaban J connectivity index is 1.38. The van der Waals surface area contributed by atoms with Crippen molar-refractivity contribution in [3.8, 4) is 17.2 Å². The number of aryl methyl sites for hydroxylation is 1. The van der Waals surface area contributed by atoms with Crippen molar-refractivity contribution in [3.05, 3.63) is 52.5 Å². The van der Waals surface area contributed by atoms with Crippen LogP contribution >= 0.6 is 15.9 Å². The summed E-state index contributed by atoms with van der Waals surface area (Å²) >= 11 is 3.46. The molecule has 3 rings (SSSR count). The average Bonchev–Trinajstić information content (AvgIpc) is 2.74. The molecule has 1 heterocycles. The van der Waals surface area contributed by atoms with Crippen LogP contribution in [0.3, 0.4) is 0 Å². The second-order valence-electron chi connectivity index (χ2n) is 7.05. The fraction of sp³-hybridized carbons (Fsp3) is 0.364. The van der Waals surface area contributed by atoms with Crippen LogP contribution in [0.2, 0.25) is 0 Å². The molecule has 0 spiro atoms. The average molecular weight is 477 g/mol. The van der Waals surface area contributed by atoms with Gasteiger partial charge in [0, 0.05) is 26.2 Å². The zero-order chi connectivity index (χ0) is 21.5. The van der Waals surface area contributed by atoms with Gasteiger partial charge < -0.3 is 24.4 Å². The highest BCUT2D eigenvalue weighted by atomic mass is 79.9. The van der Waals surface area contributed by atoms with E-state index in [0.717, 1.165) is 10.0 Å². The van der Waals surface area contributed by atoms with Crippen molar-refractivity contribution >= 4 is 27.7 Å². The summed E-state index contributed by atoms with van der Waals surface area (Å²) in [6.07, 6.45) is 0.282. The summed E-state index contributed by atoms with van der Waals surface area (Å²) in [6.45, 7) is 4.03. The number of amides is 2. The lowest BCUT2D eigenvalue weighted by Crippen LogP contribution is -2.51. The Kier molecular flexibility index (Phi) is 7.57. The second kappa shape index (κ2) is 10.3. The van der Waals surface area contributed by atoms with Crippen LogP contribution in [0.4, 0.5) is 0 Å². The lowest BCUT2D eigenvalue weighted by molar-refractivity contribution is -0.141. The van der Waals surface area contributed by atoms with Crippen molar-refractivity contribution in [3.63, 3.8) is 0 Å². The molecule has 1 aliphatic heterocycles. The Hall–Kier alpha value is -2.74. The monoisotopic (exact) mass is 476 g/mol. The van der Waals surface area contributed by atoms with Gasteiger partial charge in [-0.2, -0.15) is 0 Å². The number of halogens is 1. The molecule has 2 aromatic carbocycles. The van der Waals surface area contributed by atoms with Crippen molar-refractivity contribution in [2.45, 2.75) is 13.3 Å². The number of nitrogens with zero attached hydrogens (tertiary/aromatic N) is 2. The molecule has 2 aromatic rings. The number of ether oxygens (including phenoxy) is 2. The van der Waals surface area contributed by atoms with E-state index >= 15 is 0 Å². The smallest absolute Gasteiger partial charge is 0.260 e. The van der Waals surface area contributed by atoms with Crippen LogP contribution in [-0.4, -0.2) is 66.1 Å². The van der Waals surface area contributed by atoms with Gasteiger partial charge >= 0.3 is 0 Å². The molecule has 8 heteroatoms.